The second-order valence-electron chi connectivity index (χ2n) is 4.95. The number of pyridine rings is 1. The van der Waals surface area contributed by atoms with Crippen LogP contribution in [0.1, 0.15) is 12.0 Å². The summed E-state index contributed by atoms with van der Waals surface area (Å²) in [5, 5.41) is 7.71. The third-order valence-corrected chi connectivity index (χ3v) is 3.70. The molecule has 0 bridgehead atoms. The second-order valence-corrected chi connectivity index (χ2v) is 6.51. The lowest BCUT2D eigenvalue weighted by molar-refractivity contribution is 0.277. The molecule has 0 fully saturated rings. The summed E-state index contributed by atoms with van der Waals surface area (Å²) >= 11 is 0. The van der Waals surface area contributed by atoms with Gasteiger partial charge >= 0.3 is 0 Å². The van der Waals surface area contributed by atoms with Crippen molar-refractivity contribution in [2.24, 2.45) is 0 Å². The summed E-state index contributed by atoms with van der Waals surface area (Å²) in [5.41, 5.74) is 1.60. The average Bonchev–Trinajstić information content (AvgIpc) is 2.48. The van der Waals surface area contributed by atoms with Crippen LogP contribution in [-0.4, -0.2) is 36.4 Å². The maximum absolute atomic E-state index is 12.0. The van der Waals surface area contributed by atoms with Gasteiger partial charge in [-0.2, -0.15) is 13.5 Å². The molecule has 9 heteroatoms. The molecule has 22 heavy (non-hydrogen) atoms. The van der Waals surface area contributed by atoms with Crippen LogP contribution in [0.25, 0.3) is 11.3 Å². The Morgan fingerprint density at radius 2 is 2.23 bits per heavy atom. The Hall–Kier alpha value is -2.26. The molecule has 0 radical (unpaired) electrons. The van der Waals surface area contributed by atoms with Gasteiger partial charge < -0.3 is 0 Å². The lowest BCUT2D eigenvalue weighted by Gasteiger charge is -2.29. The first kappa shape index (κ1) is 14.7. The first-order chi connectivity index (χ1) is 10.5. The molecule has 0 saturated heterocycles. The highest BCUT2D eigenvalue weighted by Gasteiger charge is 2.28. The van der Waals surface area contributed by atoms with E-state index >= 15 is 0 Å². The number of H-pyrrole nitrogens is 1. The van der Waals surface area contributed by atoms with Crippen molar-refractivity contribution in [3.63, 3.8) is 0 Å². The van der Waals surface area contributed by atoms with Gasteiger partial charge in [0, 0.05) is 30.1 Å². The van der Waals surface area contributed by atoms with Gasteiger partial charge in [-0.3, -0.25) is 9.78 Å². The lowest BCUT2D eigenvalue weighted by atomic mass is 10.0. The van der Waals surface area contributed by atoms with Gasteiger partial charge in [-0.25, -0.2) is 10.2 Å². The van der Waals surface area contributed by atoms with Crippen molar-refractivity contribution in [1.82, 2.24) is 15.2 Å². The van der Waals surface area contributed by atoms with E-state index in [1.165, 1.54) is 5.06 Å². The highest BCUT2D eigenvalue weighted by molar-refractivity contribution is 7.86. The zero-order valence-electron chi connectivity index (χ0n) is 11.8. The Morgan fingerprint density at radius 3 is 2.91 bits per heavy atom. The quantitative estimate of drug-likeness (QED) is 0.876. The van der Waals surface area contributed by atoms with Crippen LogP contribution in [0.3, 0.4) is 0 Å². The van der Waals surface area contributed by atoms with Crippen LogP contribution >= 0.6 is 0 Å². The third kappa shape index (κ3) is 2.85. The zero-order valence-corrected chi connectivity index (χ0v) is 12.6. The van der Waals surface area contributed by atoms with Crippen molar-refractivity contribution in [2.45, 2.75) is 12.8 Å². The van der Waals surface area contributed by atoms with E-state index in [0.717, 1.165) is 6.26 Å². The molecule has 0 aliphatic carbocycles. The summed E-state index contributed by atoms with van der Waals surface area (Å²) in [6.45, 7) is 0.360. The van der Waals surface area contributed by atoms with Crippen LogP contribution in [0.15, 0.2) is 29.3 Å². The number of nitrogens with one attached hydrogen (secondary N) is 1. The molecular weight excluding hydrogens is 308 g/mol. The fraction of sp³-hybridized carbons (Fsp3) is 0.308. The van der Waals surface area contributed by atoms with Crippen LogP contribution in [-0.2, 0) is 20.8 Å². The van der Waals surface area contributed by atoms with Crippen LogP contribution in [0, 0.1) is 0 Å². The van der Waals surface area contributed by atoms with E-state index in [1.807, 2.05) is 0 Å². The van der Waals surface area contributed by atoms with E-state index in [1.54, 1.807) is 24.5 Å². The monoisotopic (exact) mass is 322 g/mol. The van der Waals surface area contributed by atoms with Gasteiger partial charge in [-0.15, -0.1) is 4.28 Å². The second kappa shape index (κ2) is 5.50. The maximum Gasteiger partial charge on any atom is 0.285 e. The van der Waals surface area contributed by atoms with Crippen LogP contribution in [0.5, 0.6) is 0 Å². The topological polar surface area (TPSA) is 105 Å². The van der Waals surface area contributed by atoms with Gasteiger partial charge in [0.1, 0.15) is 11.4 Å². The first-order valence-corrected chi connectivity index (χ1v) is 8.46. The summed E-state index contributed by atoms with van der Waals surface area (Å²) in [6.07, 6.45) is 5.32. The lowest BCUT2D eigenvalue weighted by Crippen LogP contribution is -2.35. The predicted molar refractivity (Wildman–Crippen MR) is 79.7 cm³/mol. The summed E-state index contributed by atoms with van der Waals surface area (Å²) < 4.78 is 27.9. The number of rotatable bonds is 3. The molecule has 1 N–H and O–H groups in total. The van der Waals surface area contributed by atoms with Crippen LogP contribution < -0.4 is 10.6 Å². The summed E-state index contributed by atoms with van der Waals surface area (Å²) in [6, 6.07) is 3.51. The minimum Gasteiger partial charge on any atom is -0.268 e. The Bertz CT molecular complexity index is 848. The molecular formula is C13H14N4O4S. The smallest absolute Gasteiger partial charge is 0.268 e. The van der Waals surface area contributed by atoms with E-state index in [-0.39, 0.29) is 5.56 Å². The molecule has 3 heterocycles. The van der Waals surface area contributed by atoms with Crippen LogP contribution in [0.4, 0.5) is 5.69 Å². The Balaban J connectivity index is 2.20. The van der Waals surface area contributed by atoms with Crippen molar-refractivity contribution in [1.29, 1.82) is 0 Å². The SMILES string of the molecule is CS(=O)(=O)ON1CCCc2c1c(-c1cccnc1)n[nH]c2=O. The van der Waals surface area contributed by atoms with Gasteiger partial charge in [0.2, 0.25) is 0 Å². The van der Waals surface area contributed by atoms with E-state index < -0.39 is 10.1 Å². The number of hydrogen-bond acceptors (Lipinski definition) is 7. The zero-order chi connectivity index (χ0) is 15.7. The number of aromatic nitrogens is 3. The Morgan fingerprint density at radius 1 is 1.41 bits per heavy atom. The molecule has 0 spiro atoms. The number of aromatic amines is 1. The molecule has 0 aromatic carbocycles. The highest BCUT2D eigenvalue weighted by atomic mass is 32.2. The van der Waals surface area contributed by atoms with Gasteiger partial charge in [0.05, 0.1) is 6.26 Å². The fourth-order valence-corrected chi connectivity index (χ4v) is 2.91. The van der Waals surface area contributed by atoms with Crippen molar-refractivity contribution >= 4 is 15.8 Å². The number of hydrogen-bond donors (Lipinski definition) is 1. The third-order valence-electron chi connectivity index (χ3n) is 3.25. The van der Waals surface area contributed by atoms with E-state index in [9.17, 15) is 13.2 Å². The van der Waals surface area contributed by atoms with Gasteiger partial charge in [0.15, 0.2) is 0 Å². The molecule has 3 rings (SSSR count). The molecule has 0 unspecified atom stereocenters. The highest BCUT2D eigenvalue weighted by Crippen LogP contribution is 2.33. The van der Waals surface area contributed by atoms with E-state index in [4.69, 9.17) is 4.28 Å². The molecule has 0 saturated carbocycles. The molecule has 2 aromatic heterocycles. The fourth-order valence-electron chi connectivity index (χ4n) is 2.43. The summed E-state index contributed by atoms with van der Waals surface area (Å²) in [7, 11) is -3.71. The number of nitrogens with zero attached hydrogens (tertiary/aromatic N) is 3. The number of fused-ring (bicyclic) bond motifs is 1. The molecule has 0 amide bonds. The normalized spacial score (nSPS) is 14.7. The number of hydroxylamine groups is 1. The van der Waals surface area contributed by atoms with Crippen LogP contribution in [0.2, 0.25) is 0 Å². The van der Waals surface area contributed by atoms with Crippen molar-refractivity contribution in [2.75, 3.05) is 17.9 Å². The van der Waals surface area contributed by atoms with Crippen molar-refractivity contribution in [3.05, 3.63) is 40.4 Å². The largest absolute Gasteiger partial charge is 0.285 e. The van der Waals surface area contributed by atoms with Gasteiger partial charge in [-0.05, 0) is 25.0 Å². The molecule has 8 nitrogen and oxygen atoms in total. The molecule has 2 aromatic rings. The standard InChI is InChI=1S/C13H14N4O4S/c1-22(19,20)21-17-7-3-5-10-12(17)11(15-16-13(10)18)9-4-2-6-14-8-9/h2,4,6,8H,3,5,7H2,1H3,(H,16,18). The molecule has 1 aliphatic heterocycles. The van der Waals surface area contributed by atoms with Gasteiger partial charge in [-0.1, -0.05) is 0 Å². The predicted octanol–water partition coefficient (Wildman–Crippen LogP) is 0.476. The van der Waals surface area contributed by atoms with Gasteiger partial charge in [0.25, 0.3) is 15.7 Å². The van der Waals surface area contributed by atoms with E-state index in [0.29, 0.717) is 41.9 Å². The maximum atomic E-state index is 12.0. The Kier molecular flexibility index (Phi) is 3.67. The Labute approximate surface area is 126 Å². The van der Waals surface area contributed by atoms with E-state index in [2.05, 4.69) is 15.2 Å². The summed E-state index contributed by atoms with van der Waals surface area (Å²) in [4.78, 5) is 16.0. The minimum atomic E-state index is -3.71. The first-order valence-electron chi connectivity index (χ1n) is 6.65. The summed E-state index contributed by atoms with van der Waals surface area (Å²) in [5.74, 6) is 0. The minimum absolute atomic E-state index is 0.343. The average molecular weight is 322 g/mol. The molecule has 116 valence electrons. The van der Waals surface area contributed by atoms with Crippen molar-refractivity contribution in [3.8, 4) is 11.3 Å². The molecule has 1 aliphatic rings. The molecule has 0 atom stereocenters. The van der Waals surface area contributed by atoms with Crippen molar-refractivity contribution < 1.29 is 12.7 Å². The number of anilines is 1.